The monoisotopic (exact) mass is 526 g/mol. The molecule has 0 aromatic rings. The summed E-state index contributed by atoms with van der Waals surface area (Å²) in [5.41, 5.74) is 1.85. The number of ether oxygens (including phenoxy) is 1. The summed E-state index contributed by atoms with van der Waals surface area (Å²) in [4.78, 5) is 40.1. The van der Waals surface area contributed by atoms with Gasteiger partial charge in [-0.2, -0.15) is 0 Å². The minimum absolute atomic E-state index is 0.0280. The molecule has 0 fully saturated rings. The fourth-order valence-corrected chi connectivity index (χ4v) is 5.41. The molecule has 5 atom stereocenters. The van der Waals surface area contributed by atoms with E-state index in [-0.39, 0.29) is 48.1 Å². The molecule has 0 saturated carbocycles. The van der Waals surface area contributed by atoms with E-state index in [4.69, 9.17) is 4.74 Å². The van der Waals surface area contributed by atoms with Crippen molar-refractivity contribution in [3.63, 3.8) is 0 Å². The molecule has 0 aromatic heterocycles. The maximum Gasteiger partial charge on any atom is 0.303 e. The number of ketones is 2. The average molecular weight is 527 g/mol. The lowest BCUT2D eigenvalue weighted by atomic mass is 9.61. The van der Waals surface area contributed by atoms with Gasteiger partial charge in [-0.05, 0) is 73.1 Å². The Labute approximate surface area is 228 Å². The maximum absolute atomic E-state index is 14.5. The molecule has 38 heavy (non-hydrogen) atoms. The summed E-state index contributed by atoms with van der Waals surface area (Å²) >= 11 is 0. The topological polar surface area (TPSA) is 101 Å². The van der Waals surface area contributed by atoms with Crippen LogP contribution in [0.5, 0.6) is 0 Å². The number of hydrogen-bond acceptors (Lipinski definition) is 5. The summed E-state index contributed by atoms with van der Waals surface area (Å²) in [5, 5.41) is 21.9. The Kier molecular flexibility index (Phi) is 10.5. The summed E-state index contributed by atoms with van der Waals surface area (Å²) in [5.74, 6) is -3.11. The number of carboxylic acid groups (broad SMARTS) is 1. The Morgan fingerprint density at radius 1 is 1.11 bits per heavy atom. The van der Waals surface area contributed by atoms with E-state index >= 15 is 0 Å². The highest BCUT2D eigenvalue weighted by atomic mass is 16.5. The van der Waals surface area contributed by atoms with Crippen molar-refractivity contribution < 1.29 is 29.3 Å². The summed E-state index contributed by atoms with van der Waals surface area (Å²) in [6.45, 7) is 19.4. The van der Waals surface area contributed by atoms with E-state index in [0.717, 1.165) is 16.7 Å². The van der Waals surface area contributed by atoms with Crippen molar-refractivity contribution >= 4 is 17.5 Å². The van der Waals surface area contributed by atoms with Gasteiger partial charge in [0.05, 0.1) is 17.8 Å². The molecule has 210 valence electrons. The van der Waals surface area contributed by atoms with E-state index in [1.54, 1.807) is 13.8 Å². The second kappa shape index (κ2) is 12.8. The van der Waals surface area contributed by atoms with Crippen LogP contribution in [-0.4, -0.2) is 33.9 Å². The van der Waals surface area contributed by atoms with Crippen molar-refractivity contribution in [3.05, 3.63) is 58.1 Å². The van der Waals surface area contributed by atoms with Crippen LogP contribution < -0.4 is 0 Å². The standard InChI is InChI=1S/C32H46O6/c1-10-11-23(16-25(33)34)26-29-27(28(35)21(8)22(9)38-29)31(37)32(30(26)36,15-14-19(4)5)17-24(20(6)7)13-12-18(2)3/h12,14,21-24,36H,6,10-11,13,15-17H2,1-5,7-9H3,(H,33,34)/t21-,22-,23+,24-,32-/m1/s1. The molecule has 1 aliphatic carbocycles. The van der Waals surface area contributed by atoms with Crippen LogP contribution in [0.4, 0.5) is 0 Å². The molecule has 2 N–H and O–H groups in total. The van der Waals surface area contributed by atoms with Crippen molar-refractivity contribution in [3.8, 4) is 0 Å². The number of rotatable bonds is 12. The van der Waals surface area contributed by atoms with Crippen molar-refractivity contribution in [2.24, 2.45) is 23.2 Å². The highest BCUT2D eigenvalue weighted by molar-refractivity contribution is 6.25. The van der Waals surface area contributed by atoms with Crippen LogP contribution in [0.1, 0.15) is 93.9 Å². The van der Waals surface area contributed by atoms with E-state index in [1.807, 2.05) is 47.6 Å². The predicted octanol–water partition coefficient (Wildman–Crippen LogP) is 7.43. The number of aliphatic hydroxyl groups excluding tert-OH is 1. The predicted molar refractivity (Wildman–Crippen MR) is 151 cm³/mol. The Morgan fingerprint density at radius 3 is 2.21 bits per heavy atom. The van der Waals surface area contributed by atoms with Crippen LogP contribution in [-0.2, 0) is 19.1 Å². The zero-order chi connectivity index (χ0) is 28.9. The van der Waals surface area contributed by atoms with Gasteiger partial charge in [-0.1, -0.05) is 55.7 Å². The van der Waals surface area contributed by atoms with Crippen molar-refractivity contribution in [2.45, 2.75) is 100 Å². The molecule has 0 saturated heterocycles. The van der Waals surface area contributed by atoms with Gasteiger partial charge in [0.2, 0.25) is 0 Å². The van der Waals surface area contributed by atoms with Crippen LogP contribution in [0, 0.1) is 23.2 Å². The van der Waals surface area contributed by atoms with Gasteiger partial charge in [0.1, 0.15) is 23.2 Å². The SMILES string of the molecule is C=C(C)[C@H](CC=C(C)C)C[C@@]1(CC=C(C)C)C(=O)C2=C(O[C@H](C)[C@@H](C)C2=O)C([C@@H](CCC)CC(=O)O)=C1O. The highest BCUT2D eigenvalue weighted by Gasteiger charge is 2.55. The third-order valence-electron chi connectivity index (χ3n) is 7.94. The first-order valence-electron chi connectivity index (χ1n) is 13.8. The normalized spacial score (nSPS) is 24.8. The number of hydrogen-bond donors (Lipinski definition) is 2. The first-order valence-corrected chi connectivity index (χ1v) is 13.8. The van der Waals surface area contributed by atoms with Crippen LogP contribution in [0.2, 0.25) is 0 Å². The lowest BCUT2D eigenvalue weighted by Gasteiger charge is -2.44. The Hall–Kier alpha value is -2.89. The zero-order valence-electron chi connectivity index (χ0n) is 24.4. The average Bonchev–Trinajstić information content (AvgIpc) is 2.80. The lowest BCUT2D eigenvalue weighted by Crippen LogP contribution is -2.47. The van der Waals surface area contributed by atoms with Crippen LogP contribution in [0.15, 0.2) is 58.1 Å². The van der Waals surface area contributed by atoms with Gasteiger partial charge in [0.25, 0.3) is 0 Å². The zero-order valence-corrected chi connectivity index (χ0v) is 24.4. The van der Waals surface area contributed by atoms with Gasteiger partial charge in [0.15, 0.2) is 11.6 Å². The van der Waals surface area contributed by atoms with Gasteiger partial charge in [0, 0.05) is 11.5 Å². The number of aliphatic hydroxyl groups is 1. The minimum Gasteiger partial charge on any atom is -0.511 e. The third kappa shape index (κ3) is 6.57. The van der Waals surface area contributed by atoms with Crippen LogP contribution in [0.3, 0.4) is 0 Å². The molecule has 1 heterocycles. The summed E-state index contributed by atoms with van der Waals surface area (Å²) in [6, 6.07) is 0. The molecule has 0 unspecified atom stereocenters. The third-order valence-corrected chi connectivity index (χ3v) is 7.94. The fraction of sp³-hybridized carbons (Fsp3) is 0.594. The number of aliphatic carboxylic acids is 1. The Bertz CT molecular complexity index is 1090. The second-order valence-electron chi connectivity index (χ2n) is 11.7. The van der Waals surface area contributed by atoms with Crippen LogP contribution >= 0.6 is 0 Å². The molecular weight excluding hydrogens is 480 g/mol. The maximum atomic E-state index is 14.5. The molecule has 6 heteroatoms. The first kappa shape index (κ1) is 31.3. The molecule has 6 nitrogen and oxygen atoms in total. The summed E-state index contributed by atoms with van der Waals surface area (Å²) < 4.78 is 6.17. The first-order chi connectivity index (χ1) is 17.7. The molecule has 0 amide bonds. The second-order valence-corrected chi connectivity index (χ2v) is 11.7. The van der Waals surface area contributed by atoms with Gasteiger partial charge in [-0.15, -0.1) is 0 Å². The van der Waals surface area contributed by atoms with E-state index in [9.17, 15) is 24.6 Å². The lowest BCUT2D eigenvalue weighted by molar-refractivity contribution is -0.137. The number of allylic oxidation sites excluding steroid dienone is 8. The largest absolute Gasteiger partial charge is 0.511 e. The molecule has 0 spiro atoms. The molecular formula is C32H46O6. The van der Waals surface area contributed by atoms with E-state index in [2.05, 4.69) is 12.7 Å². The van der Waals surface area contributed by atoms with Gasteiger partial charge in [-0.25, -0.2) is 0 Å². The smallest absolute Gasteiger partial charge is 0.303 e. The molecule has 2 aliphatic rings. The van der Waals surface area contributed by atoms with E-state index in [0.29, 0.717) is 24.8 Å². The number of Topliss-reactive ketones (excluding diaryl/α,β-unsaturated/α-hetero) is 2. The highest BCUT2D eigenvalue weighted by Crippen LogP contribution is 2.53. The van der Waals surface area contributed by atoms with Gasteiger partial charge >= 0.3 is 5.97 Å². The molecule has 0 aromatic carbocycles. The number of carbonyl (C=O) groups excluding carboxylic acids is 2. The van der Waals surface area contributed by atoms with Crippen molar-refractivity contribution in [1.82, 2.24) is 0 Å². The van der Waals surface area contributed by atoms with E-state index < -0.39 is 35.1 Å². The van der Waals surface area contributed by atoms with Crippen molar-refractivity contribution in [1.29, 1.82) is 0 Å². The number of carbonyl (C=O) groups is 3. The summed E-state index contributed by atoms with van der Waals surface area (Å²) in [6.07, 6.45) is 5.50. The molecule has 2 rings (SSSR count). The quantitative estimate of drug-likeness (QED) is 0.202. The van der Waals surface area contributed by atoms with E-state index in [1.165, 1.54) is 0 Å². The minimum atomic E-state index is -1.42. The fourth-order valence-electron chi connectivity index (χ4n) is 5.41. The van der Waals surface area contributed by atoms with Crippen molar-refractivity contribution in [2.75, 3.05) is 0 Å². The molecule has 0 radical (unpaired) electrons. The van der Waals surface area contributed by atoms with Crippen LogP contribution in [0.25, 0.3) is 0 Å². The molecule has 1 aliphatic heterocycles. The molecule has 0 bridgehead atoms. The van der Waals surface area contributed by atoms with Gasteiger partial charge in [-0.3, -0.25) is 14.4 Å². The Balaban J connectivity index is 2.94. The number of carboxylic acids is 1. The summed E-state index contributed by atoms with van der Waals surface area (Å²) in [7, 11) is 0. The Morgan fingerprint density at radius 2 is 1.71 bits per heavy atom. The van der Waals surface area contributed by atoms with Gasteiger partial charge < -0.3 is 14.9 Å².